The lowest BCUT2D eigenvalue weighted by Gasteiger charge is -2.24. The van der Waals surface area contributed by atoms with Crippen molar-refractivity contribution in [3.8, 4) is 10.6 Å². The van der Waals surface area contributed by atoms with Crippen LogP contribution in [0.4, 0.5) is 10.8 Å². The van der Waals surface area contributed by atoms with E-state index in [0.29, 0.717) is 20.7 Å². The number of sulfonamides is 1. The van der Waals surface area contributed by atoms with E-state index in [2.05, 4.69) is 15.5 Å². The van der Waals surface area contributed by atoms with Gasteiger partial charge in [-0.2, -0.15) is 0 Å². The van der Waals surface area contributed by atoms with Gasteiger partial charge in [-0.05, 0) is 55.5 Å². The molecule has 174 valence electrons. The van der Waals surface area contributed by atoms with Crippen LogP contribution in [0.1, 0.15) is 5.56 Å². The standard InChI is InChI=1S/C23H18Cl2N4O3S2/c1-15-2-12-20(13-3-15)34(31,32)29(19-10-8-18(25)9-11-19)14-21(30)26-23-28-27-22(33-23)16-4-6-17(24)7-5-16/h2-13H,14H2,1H3,(H,26,28,30). The van der Waals surface area contributed by atoms with Crippen LogP contribution in [0.3, 0.4) is 0 Å². The van der Waals surface area contributed by atoms with E-state index in [1.54, 1.807) is 60.7 Å². The summed E-state index contributed by atoms with van der Waals surface area (Å²) >= 11 is 13.1. The summed E-state index contributed by atoms with van der Waals surface area (Å²) in [5.74, 6) is -0.565. The van der Waals surface area contributed by atoms with Crippen molar-refractivity contribution in [2.24, 2.45) is 0 Å². The molecule has 1 N–H and O–H groups in total. The molecule has 4 aromatic rings. The molecule has 0 spiro atoms. The number of carbonyl (C=O) groups is 1. The minimum absolute atomic E-state index is 0.0711. The minimum Gasteiger partial charge on any atom is -0.299 e. The van der Waals surface area contributed by atoms with Crippen LogP contribution in [0, 0.1) is 6.92 Å². The normalized spacial score (nSPS) is 11.3. The van der Waals surface area contributed by atoms with Crippen molar-refractivity contribution in [2.45, 2.75) is 11.8 Å². The number of nitrogens with one attached hydrogen (secondary N) is 1. The maximum absolute atomic E-state index is 13.4. The third-order valence-electron chi connectivity index (χ3n) is 4.77. The summed E-state index contributed by atoms with van der Waals surface area (Å²) in [7, 11) is -4.03. The van der Waals surface area contributed by atoms with Gasteiger partial charge < -0.3 is 0 Å². The molecular formula is C23H18Cl2N4O3S2. The molecule has 0 bridgehead atoms. The molecule has 0 fully saturated rings. The Bertz CT molecular complexity index is 1410. The highest BCUT2D eigenvalue weighted by atomic mass is 35.5. The van der Waals surface area contributed by atoms with Gasteiger partial charge >= 0.3 is 0 Å². The van der Waals surface area contributed by atoms with Crippen LogP contribution >= 0.6 is 34.5 Å². The number of carbonyl (C=O) groups excluding carboxylic acids is 1. The predicted octanol–water partition coefficient (Wildman–Crippen LogP) is 5.65. The number of nitrogens with zero attached hydrogens (tertiary/aromatic N) is 3. The molecule has 0 saturated carbocycles. The highest BCUT2D eigenvalue weighted by Gasteiger charge is 2.27. The first kappa shape index (κ1) is 24.2. The Kier molecular flexibility index (Phi) is 7.18. The van der Waals surface area contributed by atoms with Crippen molar-refractivity contribution in [1.82, 2.24) is 10.2 Å². The van der Waals surface area contributed by atoms with Crippen molar-refractivity contribution in [3.63, 3.8) is 0 Å². The second-order valence-electron chi connectivity index (χ2n) is 7.27. The number of halogens is 2. The number of amides is 1. The number of aromatic nitrogens is 2. The molecule has 0 unspecified atom stereocenters. The number of hydrogen-bond acceptors (Lipinski definition) is 6. The van der Waals surface area contributed by atoms with Crippen molar-refractivity contribution in [3.05, 3.63) is 88.4 Å². The van der Waals surface area contributed by atoms with Crippen molar-refractivity contribution < 1.29 is 13.2 Å². The summed E-state index contributed by atoms with van der Waals surface area (Å²) < 4.78 is 27.9. The third-order valence-corrected chi connectivity index (χ3v) is 7.95. The van der Waals surface area contributed by atoms with Gasteiger partial charge in [0, 0.05) is 15.6 Å². The first-order valence-corrected chi connectivity index (χ1v) is 13.0. The second-order valence-corrected chi connectivity index (χ2v) is 11.0. The fourth-order valence-electron chi connectivity index (χ4n) is 3.03. The zero-order valence-electron chi connectivity index (χ0n) is 17.8. The topological polar surface area (TPSA) is 92.3 Å². The second kappa shape index (κ2) is 10.1. The monoisotopic (exact) mass is 532 g/mol. The molecule has 11 heteroatoms. The lowest BCUT2D eigenvalue weighted by Crippen LogP contribution is -2.38. The zero-order valence-corrected chi connectivity index (χ0v) is 20.9. The maximum atomic E-state index is 13.4. The Morgan fingerprint density at radius 3 is 2.12 bits per heavy atom. The summed E-state index contributed by atoms with van der Waals surface area (Å²) in [4.78, 5) is 12.9. The largest absolute Gasteiger partial charge is 0.299 e. The first-order chi connectivity index (χ1) is 16.2. The molecule has 0 aliphatic rings. The van der Waals surface area contributed by atoms with E-state index < -0.39 is 22.5 Å². The van der Waals surface area contributed by atoms with E-state index in [9.17, 15) is 13.2 Å². The van der Waals surface area contributed by atoms with Gasteiger partial charge in [-0.15, -0.1) is 10.2 Å². The van der Waals surface area contributed by atoms with Gasteiger partial charge in [0.1, 0.15) is 11.6 Å². The van der Waals surface area contributed by atoms with E-state index >= 15 is 0 Å². The lowest BCUT2D eigenvalue weighted by molar-refractivity contribution is -0.114. The number of anilines is 2. The molecule has 34 heavy (non-hydrogen) atoms. The van der Waals surface area contributed by atoms with Crippen LogP contribution < -0.4 is 9.62 Å². The van der Waals surface area contributed by atoms with Gasteiger partial charge in [0.15, 0.2) is 0 Å². The number of benzene rings is 3. The van der Waals surface area contributed by atoms with Crippen molar-refractivity contribution in [1.29, 1.82) is 0 Å². The Morgan fingerprint density at radius 2 is 1.50 bits per heavy atom. The Hall–Kier alpha value is -2.98. The number of aryl methyl sites for hydroxylation is 1. The summed E-state index contributed by atoms with van der Waals surface area (Å²) in [5.41, 5.74) is 2.02. The third kappa shape index (κ3) is 5.56. The average molecular weight is 533 g/mol. The molecule has 1 amide bonds. The van der Waals surface area contributed by atoms with E-state index in [4.69, 9.17) is 23.2 Å². The van der Waals surface area contributed by atoms with Gasteiger partial charge in [0.2, 0.25) is 11.0 Å². The minimum atomic E-state index is -4.03. The van der Waals surface area contributed by atoms with Gasteiger partial charge in [0.05, 0.1) is 10.6 Å². The van der Waals surface area contributed by atoms with Crippen LogP contribution in [0.5, 0.6) is 0 Å². The molecule has 0 atom stereocenters. The van der Waals surface area contributed by atoms with E-state index in [1.165, 1.54) is 23.5 Å². The maximum Gasteiger partial charge on any atom is 0.264 e. The van der Waals surface area contributed by atoms with Gasteiger partial charge in [0.25, 0.3) is 10.0 Å². The summed E-state index contributed by atoms with van der Waals surface area (Å²) in [6.07, 6.45) is 0. The average Bonchev–Trinajstić information content (AvgIpc) is 3.27. The quantitative estimate of drug-likeness (QED) is 0.331. The summed E-state index contributed by atoms with van der Waals surface area (Å²) in [6.45, 7) is 1.40. The lowest BCUT2D eigenvalue weighted by atomic mass is 10.2. The Balaban J connectivity index is 1.58. The highest BCUT2D eigenvalue weighted by Crippen LogP contribution is 2.28. The first-order valence-electron chi connectivity index (χ1n) is 9.97. The Labute approximate surface area is 211 Å². The van der Waals surface area contributed by atoms with Crippen LogP contribution in [-0.2, 0) is 14.8 Å². The van der Waals surface area contributed by atoms with Gasteiger partial charge in [-0.1, -0.05) is 64.4 Å². The van der Waals surface area contributed by atoms with Crippen LogP contribution in [0.15, 0.2) is 77.7 Å². The summed E-state index contributed by atoms with van der Waals surface area (Å²) in [5, 5.41) is 12.6. The zero-order chi connectivity index (χ0) is 24.3. The molecule has 4 rings (SSSR count). The van der Waals surface area contributed by atoms with Gasteiger partial charge in [-0.3, -0.25) is 14.4 Å². The van der Waals surface area contributed by atoms with E-state index in [0.717, 1.165) is 15.4 Å². The van der Waals surface area contributed by atoms with Crippen LogP contribution in [0.25, 0.3) is 10.6 Å². The van der Waals surface area contributed by atoms with Crippen molar-refractivity contribution in [2.75, 3.05) is 16.2 Å². The summed E-state index contributed by atoms with van der Waals surface area (Å²) in [6, 6.07) is 19.7. The molecule has 3 aromatic carbocycles. The number of hydrogen-bond donors (Lipinski definition) is 1. The van der Waals surface area contributed by atoms with E-state index in [1.807, 2.05) is 6.92 Å². The molecule has 0 radical (unpaired) electrons. The Morgan fingerprint density at radius 1 is 0.912 bits per heavy atom. The molecular weight excluding hydrogens is 515 g/mol. The fraction of sp³-hybridized carbons (Fsp3) is 0.0870. The number of rotatable bonds is 7. The molecule has 1 heterocycles. The van der Waals surface area contributed by atoms with Crippen molar-refractivity contribution >= 4 is 61.3 Å². The molecule has 0 aliphatic heterocycles. The molecule has 1 aromatic heterocycles. The van der Waals surface area contributed by atoms with Crippen LogP contribution in [0.2, 0.25) is 10.0 Å². The fourth-order valence-corrected chi connectivity index (χ4v) is 5.47. The molecule has 0 saturated heterocycles. The predicted molar refractivity (Wildman–Crippen MR) is 136 cm³/mol. The molecule has 0 aliphatic carbocycles. The van der Waals surface area contributed by atoms with Crippen LogP contribution in [-0.4, -0.2) is 31.1 Å². The SMILES string of the molecule is Cc1ccc(S(=O)(=O)N(CC(=O)Nc2nnc(-c3ccc(Cl)cc3)s2)c2ccc(Cl)cc2)cc1. The highest BCUT2D eigenvalue weighted by molar-refractivity contribution is 7.92. The van der Waals surface area contributed by atoms with E-state index in [-0.39, 0.29) is 10.0 Å². The molecule has 7 nitrogen and oxygen atoms in total. The smallest absolute Gasteiger partial charge is 0.264 e. The van der Waals surface area contributed by atoms with Gasteiger partial charge in [-0.25, -0.2) is 8.42 Å².